The Morgan fingerprint density at radius 1 is 1.50 bits per heavy atom. The van der Waals surface area contributed by atoms with Gasteiger partial charge >= 0.3 is 0 Å². The lowest BCUT2D eigenvalue weighted by Gasteiger charge is -2.04. The maximum atomic E-state index is 9.38. The summed E-state index contributed by atoms with van der Waals surface area (Å²) in [4.78, 5) is 0. The van der Waals surface area contributed by atoms with E-state index in [1.54, 1.807) is 22.9 Å². The van der Waals surface area contributed by atoms with Crippen LogP contribution in [0.4, 0.5) is 0 Å². The van der Waals surface area contributed by atoms with Crippen molar-refractivity contribution in [3.8, 4) is 11.4 Å². The first-order chi connectivity index (χ1) is 7.70. The van der Waals surface area contributed by atoms with Crippen molar-refractivity contribution >= 4 is 0 Å². The second-order valence-electron chi connectivity index (χ2n) is 3.87. The first-order valence-corrected chi connectivity index (χ1v) is 5.24. The van der Waals surface area contributed by atoms with Gasteiger partial charge in [0.1, 0.15) is 5.75 Å². The largest absolute Gasteiger partial charge is 0.508 e. The Morgan fingerprint density at radius 3 is 3.00 bits per heavy atom. The van der Waals surface area contributed by atoms with Crippen molar-refractivity contribution in [3.63, 3.8) is 0 Å². The fourth-order valence-electron chi connectivity index (χ4n) is 1.50. The predicted octanol–water partition coefficient (Wildman–Crippen LogP) is 1.64. The van der Waals surface area contributed by atoms with E-state index in [2.05, 4.69) is 12.0 Å². The van der Waals surface area contributed by atoms with Gasteiger partial charge in [0, 0.05) is 12.3 Å². The maximum Gasteiger partial charge on any atom is 0.117 e. The minimum atomic E-state index is 0.237. The minimum Gasteiger partial charge on any atom is -0.508 e. The van der Waals surface area contributed by atoms with Gasteiger partial charge in [-0.2, -0.15) is 5.10 Å². The zero-order valence-electron chi connectivity index (χ0n) is 9.17. The van der Waals surface area contributed by atoms with Gasteiger partial charge in [0.2, 0.25) is 0 Å². The summed E-state index contributed by atoms with van der Waals surface area (Å²) in [6.45, 7) is 2.66. The Morgan fingerprint density at radius 2 is 2.31 bits per heavy atom. The molecule has 0 radical (unpaired) electrons. The topological polar surface area (TPSA) is 64.1 Å². The number of rotatable bonds is 3. The molecule has 1 aromatic carbocycles. The van der Waals surface area contributed by atoms with Gasteiger partial charge in [-0.1, -0.05) is 13.0 Å². The van der Waals surface area contributed by atoms with Crippen LogP contribution in [0.3, 0.4) is 0 Å². The van der Waals surface area contributed by atoms with E-state index in [4.69, 9.17) is 5.73 Å². The molecular formula is C12H15N3O. The summed E-state index contributed by atoms with van der Waals surface area (Å²) >= 11 is 0. The van der Waals surface area contributed by atoms with Gasteiger partial charge in [0.05, 0.1) is 11.9 Å². The second-order valence-corrected chi connectivity index (χ2v) is 3.87. The van der Waals surface area contributed by atoms with Crippen LogP contribution in [0.1, 0.15) is 18.4 Å². The molecule has 1 unspecified atom stereocenters. The van der Waals surface area contributed by atoms with E-state index in [9.17, 15) is 5.11 Å². The van der Waals surface area contributed by atoms with Crippen molar-refractivity contribution in [2.45, 2.75) is 12.8 Å². The van der Waals surface area contributed by atoms with Crippen LogP contribution < -0.4 is 5.73 Å². The smallest absolute Gasteiger partial charge is 0.117 e. The summed E-state index contributed by atoms with van der Waals surface area (Å²) in [5.74, 6) is 0.535. The average Bonchev–Trinajstić information content (AvgIpc) is 2.77. The summed E-state index contributed by atoms with van der Waals surface area (Å²) in [5, 5.41) is 13.6. The monoisotopic (exact) mass is 217 g/mol. The van der Waals surface area contributed by atoms with Crippen molar-refractivity contribution in [2.24, 2.45) is 5.73 Å². The third-order valence-corrected chi connectivity index (χ3v) is 2.62. The SMILES string of the molecule is CC(CN)c1cnn(-c2cccc(O)c2)c1. The van der Waals surface area contributed by atoms with E-state index in [1.165, 1.54) is 0 Å². The molecule has 0 saturated carbocycles. The van der Waals surface area contributed by atoms with E-state index in [0.717, 1.165) is 11.3 Å². The van der Waals surface area contributed by atoms with Crippen molar-refractivity contribution in [3.05, 3.63) is 42.2 Å². The van der Waals surface area contributed by atoms with Gasteiger partial charge in [-0.15, -0.1) is 0 Å². The lowest BCUT2D eigenvalue weighted by molar-refractivity contribution is 0.475. The molecule has 0 saturated heterocycles. The van der Waals surface area contributed by atoms with Gasteiger partial charge in [0.15, 0.2) is 0 Å². The fraction of sp³-hybridized carbons (Fsp3) is 0.250. The van der Waals surface area contributed by atoms with Crippen LogP contribution in [0.5, 0.6) is 5.75 Å². The third-order valence-electron chi connectivity index (χ3n) is 2.62. The van der Waals surface area contributed by atoms with Crippen LogP contribution in [0, 0.1) is 0 Å². The van der Waals surface area contributed by atoms with Gasteiger partial charge in [0.25, 0.3) is 0 Å². The molecule has 2 aromatic rings. The molecule has 1 atom stereocenters. The maximum absolute atomic E-state index is 9.38. The average molecular weight is 217 g/mol. The van der Waals surface area contributed by atoms with Gasteiger partial charge in [-0.3, -0.25) is 0 Å². The summed E-state index contributed by atoms with van der Waals surface area (Å²) in [6, 6.07) is 6.99. The normalized spacial score (nSPS) is 12.6. The highest BCUT2D eigenvalue weighted by Crippen LogP contribution is 2.18. The van der Waals surface area contributed by atoms with E-state index < -0.39 is 0 Å². The van der Waals surface area contributed by atoms with E-state index in [0.29, 0.717) is 12.5 Å². The molecule has 16 heavy (non-hydrogen) atoms. The van der Waals surface area contributed by atoms with Crippen molar-refractivity contribution in [1.82, 2.24) is 9.78 Å². The first kappa shape index (κ1) is 10.7. The standard InChI is InChI=1S/C12H15N3O/c1-9(6-13)10-7-14-15(8-10)11-3-2-4-12(16)5-11/h2-5,7-9,16H,6,13H2,1H3. The van der Waals surface area contributed by atoms with Crippen LogP contribution in [0.15, 0.2) is 36.7 Å². The Bertz CT molecular complexity index is 479. The first-order valence-electron chi connectivity index (χ1n) is 5.24. The van der Waals surface area contributed by atoms with Crippen molar-refractivity contribution in [1.29, 1.82) is 0 Å². The van der Waals surface area contributed by atoms with Crippen LogP contribution in [0.25, 0.3) is 5.69 Å². The van der Waals surface area contributed by atoms with E-state index in [-0.39, 0.29) is 5.75 Å². The molecule has 0 aliphatic rings. The van der Waals surface area contributed by atoms with E-state index >= 15 is 0 Å². The summed E-state index contributed by atoms with van der Waals surface area (Å²) in [6.07, 6.45) is 3.74. The molecule has 2 rings (SSSR count). The van der Waals surface area contributed by atoms with Crippen LogP contribution >= 0.6 is 0 Å². The highest BCUT2D eigenvalue weighted by molar-refractivity contribution is 5.38. The Hall–Kier alpha value is -1.81. The molecule has 0 spiro atoms. The number of phenols is 1. The zero-order chi connectivity index (χ0) is 11.5. The number of hydrogen-bond acceptors (Lipinski definition) is 3. The quantitative estimate of drug-likeness (QED) is 0.821. The minimum absolute atomic E-state index is 0.237. The van der Waals surface area contributed by atoms with Crippen LogP contribution in [-0.4, -0.2) is 21.4 Å². The Balaban J connectivity index is 2.31. The number of aromatic hydroxyl groups is 1. The molecule has 0 amide bonds. The number of hydrogen-bond donors (Lipinski definition) is 2. The molecular weight excluding hydrogens is 202 g/mol. The van der Waals surface area contributed by atoms with Gasteiger partial charge < -0.3 is 10.8 Å². The Labute approximate surface area is 94.3 Å². The molecule has 0 aliphatic heterocycles. The second kappa shape index (κ2) is 4.37. The molecule has 84 valence electrons. The molecule has 3 N–H and O–H groups in total. The van der Waals surface area contributed by atoms with Crippen LogP contribution in [0.2, 0.25) is 0 Å². The molecule has 1 heterocycles. The van der Waals surface area contributed by atoms with E-state index in [1.807, 2.05) is 18.5 Å². The molecule has 1 aromatic heterocycles. The van der Waals surface area contributed by atoms with Crippen LogP contribution in [-0.2, 0) is 0 Å². The number of nitrogens with two attached hydrogens (primary N) is 1. The molecule has 0 aliphatic carbocycles. The number of phenolic OH excluding ortho intramolecular Hbond substituents is 1. The summed E-state index contributed by atoms with van der Waals surface area (Å²) in [7, 11) is 0. The zero-order valence-corrected chi connectivity index (χ0v) is 9.17. The third kappa shape index (κ3) is 2.06. The highest BCUT2D eigenvalue weighted by Gasteiger charge is 2.07. The van der Waals surface area contributed by atoms with Crippen molar-refractivity contribution in [2.75, 3.05) is 6.54 Å². The van der Waals surface area contributed by atoms with Gasteiger partial charge in [-0.25, -0.2) is 4.68 Å². The Kier molecular flexibility index (Phi) is 2.92. The molecule has 0 fully saturated rings. The molecule has 4 heteroatoms. The summed E-state index contributed by atoms with van der Waals surface area (Å²) in [5.41, 5.74) is 7.54. The number of benzene rings is 1. The van der Waals surface area contributed by atoms with Gasteiger partial charge in [-0.05, 0) is 30.2 Å². The molecule has 4 nitrogen and oxygen atoms in total. The lowest BCUT2D eigenvalue weighted by atomic mass is 10.1. The highest BCUT2D eigenvalue weighted by atomic mass is 16.3. The predicted molar refractivity (Wildman–Crippen MR) is 62.7 cm³/mol. The van der Waals surface area contributed by atoms with Crippen molar-refractivity contribution < 1.29 is 5.11 Å². The lowest BCUT2D eigenvalue weighted by Crippen LogP contribution is -2.07. The number of nitrogens with zero attached hydrogens (tertiary/aromatic N) is 2. The summed E-state index contributed by atoms with van der Waals surface area (Å²) < 4.78 is 1.74. The fourth-order valence-corrected chi connectivity index (χ4v) is 1.50. The number of aromatic nitrogens is 2. The molecule has 0 bridgehead atoms.